The molecule has 84 valence electrons. The van der Waals surface area contributed by atoms with Crippen molar-refractivity contribution in [3.8, 4) is 16.9 Å². The Morgan fingerprint density at radius 1 is 1.06 bits per heavy atom. The normalized spacial score (nSPS) is 10.9. The number of benzene rings is 2. The lowest BCUT2D eigenvalue weighted by Crippen LogP contribution is -1.81. The van der Waals surface area contributed by atoms with Gasteiger partial charge in [0.15, 0.2) is 11.6 Å². The van der Waals surface area contributed by atoms with Gasteiger partial charge < -0.3 is 5.11 Å². The Hall–Kier alpha value is -1.94. The Balaban J connectivity index is 2.16. The molecule has 3 aromatic rings. The number of halogens is 1. The molecule has 0 fully saturated rings. The van der Waals surface area contributed by atoms with Crippen LogP contribution in [0.2, 0.25) is 0 Å². The number of aromatic nitrogens is 1. The van der Waals surface area contributed by atoms with Crippen molar-refractivity contribution in [3.63, 3.8) is 0 Å². The van der Waals surface area contributed by atoms with Crippen molar-refractivity contribution in [2.45, 2.75) is 0 Å². The maximum absolute atomic E-state index is 13.3. The topological polar surface area (TPSA) is 33.1 Å². The molecule has 0 bridgehead atoms. The van der Waals surface area contributed by atoms with Crippen molar-refractivity contribution < 1.29 is 9.50 Å². The SMILES string of the molecule is Oc1ccc(-c2ccc3scnc3c2)cc1F. The van der Waals surface area contributed by atoms with E-state index in [-0.39, 0.29) is 5.75 Å². The average Bonchev–Trinajstić information content (AvgIpc) is 2.79. The third-order valence-corrected chi connectivity index (χ3v) is 3.42. The van der Waals surface area contributed by atoms with Crippen LogP contribution in [0.1, 0.15) is 0 Å². The number of fused-ring (bicyclic) bond motifs is 1. The van der Waals surface area contributed by atoms with Crippen LogP contribution in [0.25, 0.3) is 21.3 Å². The molecule has 2 nitrogen and oxygen atoms in total. The lowest BCUT2D eigenvalue weighted by atomic mass is 10.1. The Bertz CT molecular complexity index is 693. The molecule has 0 saturated heterocycles. The fraction of sp³-hybridized carbons (Fsp3) is 0. The number of rotatable bonds is 1. The second kappa shape index (κ2) is 3.82. The van der Waals surface area contributed by atoms with E-state index >= 15 is 0 Å². The summed E-state index contributed by atoms with van der Waals surface area (Å²) in [5.74, 6) is -0.940. The van der Waals surface area contributed by atoms with Gasteiger partial charge in [-0.2, -0.15) is 0 Å². The quantitative estimate of drug-likeness (QED) is 0.707. The molecule has 0 atom stereocenters. The smallest absolute Gasteiger partial charge is 0.165 e. The van der Waals surface area contributed by atoms with Crippen LogP contribution in [-0.2, 0) is 0 Å². The van der Waals surface area contributed by atoms with Crippen molar-refractivity contribution in [3.05, 3.63) is 47.7 Å². The van der Waals surface area contributed by atoms with Gasteiger partial charge in [-0.1, -0.05) is 12.1 Å². The minimum Gasteiger partial charge on any atom is -0.505 e. The number of thiazole rings is 1. The lowest BCUT2D eigenvalue weighted by molar-refractivity contribution is 0.432. The van der Waals surface area contributed by atoms with E-state index in [2.05, 4.69) is 4.98 Å². The second-order valence-electron chi connectivity index (χ2n) is 3.70. The monoisotopic (exact) mass is 245 g/mol. The molecule has 0 aliphatic heterocycles. The van der Waals surface area contributed by atoms with E-state index in [0.29, 0.717) is 0 Å². The number of phenolic OH excluding ortho intramolecular Hbond substituents is 1. The van der Waals surface area contributed by atoms with E-state index in [1.165, 1.54) is 12.1 Å². The molecular weight excluding hydrogens is 237 g/mol. The van der Waals surface area contributed by atoms with E-state index in [9.17, 15) is 4.39 Å². The number of aromatic hydroxyl groups is 1. The maximum Gasteiger partial charge on any atom is 0.165 e. The fourth-order valence-corrected chi connectivity index (χ4v) is 2.38. The van der Waals surface area contributed by atoms with Crippen LogP contribution in [0.15, 0.2) is 41.9 Å². The predicted octanol–water partition coefficient (Wildman–Crippen LogP) is 3.81. The minimum absolute atomic E-state index is 0.330. The molecule has 3 rings (SSSR count). The van der Waals surface area contributed by atoms with Crippen LogP contribution < -0.4 is 0 Å². The minimum atomic E-state index is -0.610. The highest BCUT2D eigenvalue weighted by atomic mass is 32.1. The Morgan fingerprint density at radius 2 is 1.82 bits per heavy atom. The zero-order valence-corrected chi connectivity index (χ0v) is 9.54. The van der Waals surface area contributed by atoms with E-state index in [4.69, 9.17) is 5.11 Å². The molecule has 1 heterocycles. The summed E-state index contributed by atoms with van der Waals surface area (Å²) >= 11 is 1.57. The molecule has 1 aromatic heterocycles. The standard InChI is InChI=1S/C13H8FNOS/c14-10-5-8(1-3-12(10)16)9-2-4-13-11(6-9)15-7-17-13/h1-7,16H. The van der Waals surface area contributed by atoms with E-state index in [1.807, 2.05) is 18.2 Å². The number of hydrogen-bond acceptors (Lipinski definition) is 3. The van der Waals surface area contributed by atoms with Crippen molar-refractivity contribution in [1.29, 1.82) is 0 Å². The van der Waals surface area contributed by atoms with Gasteiger partial charge in [-0.25, -0.2) is 9.37 Å². The van der Waals surface area contributed by atoms with Gasteiger partial charge in [0, 0.05) is 0 Å². The van der Waals surface area contributed by atoms with Crippen LogP contribution >= 0.6 is 11.3 Å². The molecule has 0 radical (unpaired) electrons. The van der Waals surface area contributed by atoms with Gasteiger partial charge in [-0.15, -0.1) is 11.3 Å². The van der Waals surface area contributed by atoms with Crippen molar-refractivity contribution in [2.24, 2.45) is 0 Å². The summed E-state index contributed by atoms with van der Waals surface area (Å²) < 4.78 is 14.4. The zero-order chi connectivity index (χ0) is 11.8. The molecule has 0 aliphatic rings. The fourth-order valence-electron chi connectivity index (χ4n) is 1.72. The Kier molecular flexibility index (Phi) is 2.30. The van der Waals surface area contributed by atoms with Gasteiger partial charge >= 0.3 is 0 Å². The highest BCUT2D eigenvalue weighted by Gasteiger charge is 2.05. The first-order valence-corrected chi connectivity index (χ1v) is 5.94. The van der Waals surface area contributed by atoms with Gasteiger partial charge in [0.05, 0.1) is 15.7 Å². The largest absolute Gasteiger partial charge is 0.505 e. The van der Waals surface area contributed by atoms with Crippen LogP contribution in [-0.4, -0.2) is 10.1 Å². The van der Waals surface area contributed by atoms with Crippen LogP contribution in [0.4, 0.5) is 4.39 Å². The molecule has 0 saturated carbocycles. The Labute approximate surface area is 101 Å². The van der Waals surface area contributed by atoms with Gasteiger partial charge in [0.2, 0.25) is 0 Å². The maximum atomic E-state index is 13.3. The second-order valence-corrected chi connectivity index (χ2v) is 4.59. The molecule has 0 spiro atoms. The van der Waals surface area contributed by atoms with E-state index < -0.39 is 5.82 Å². The first-order chi connectivity index (χ1) is 8.24. The molecule has 2 aromatic carbocycles. The van der Waals surface area contributed by atoms with Gasteiger partial charge in [0.25, 0.3) is 0 Å². The molecular formula is C13H8FNOS. The molecule has 1 N–H and O–H groups in total. The summed E-state index contributed by atoms with van der Waals surface area (Å²) in [6.45, 7) is 0. The summed E-state index contributed by atoms with van der Waals surface area (Å²) in [7, 11) is 0. The number of nitrogens with zero attached hydrogens (tertiary/aromatic N) is 1. The average molecular weight is 245 g/mol. The first-order valence-electron chi connectivity index (χ1n) is 5.06. The van der Waals surface area contributed by atoms with E-state index in [1.54, 1.807) is 22.9 Å². The van der Waals surface area contributed by atoms with Crippen LogP contribution in [0, 0.1) is 5.82 Å². The van der Waals surface area contributed by atoms with Gasteiger partial charge in [-0.05, 0) is 35.4 Å². The summed E-state index contributed by atoms with van der Waals surface area (Å²) in [4.78, 5) is 4.22. The highest BCUT2D eigenvalue weighted by Crippen LogP contribution is 2.28. The van der Waals surface area contributed by atoms with Crippen molar-refractivity contribution in [2.75, 3.05) is 0 Å². The molecule has 17 heavy (non-hydrogen) atoms. The van der Waals surface area contributed by atoms with Crippen LogP contribution in [0.5, 0.6) is 5.75 Å². The molecule has 0 unspecified atom stereocenters. The summed E-state index contributed by atoms with van der Waals surface area (Å²) in [5, 5.41) is 9.14. The Morgan fingerprint density at radius 3 is 2.65 bits per heavy atom. The van der Waals surface area contributed by atoms with Gasteiger partial charge in [-0.3, -0.25) is 0 Å². The summed E-state index contributed by atoms with van der Waals surface area (Å²) in [6.07, 6.45) is 0. The predicted molar refractivity (Wildman–Crippen MR) is 66.7 cm³/mol. The number of phenols is 1. The van der Waals surface area contributed by atoms with Crippen LogP contribution in [0.3, 0.4) is 0 Å². The van der Waals surface area contributed by atoms with Crippen molar-refractivity contribution in [1.82, 2.24) is 4.98 Å². The first kappa shape index (κ1) is 10.2. The molecule has 4 heteroatoms. The van der Waals surface area contributed by atoms with Crippen molar-refractivity contribution >= 4 is 21.6 Å². The molecule has 0 aliphatic carbocycles. The summed E-state index contributed by atoms with van der Waals surface area (Å²) in [6, 6.07) is 10.2. The number of hydrogen-bond donors (Lipinski definition) is 1. The summed E-state index contributed by atoms with van der Waals surface area (Å²) in [5.41, 5.74) is 4.31. The lowest BCUT2D eigenvalue weighted by Gasteiger charge is -2.02. The zero-order valence-electron chi connectivity index (χ0n) is 8.72. The van der Waals surface area contributed by atoms with Gasteiger partial charge in [0.1, 0.15) is 0 Å². The molecule has 0 amide bonds. The third-order valence-electron chi connectivity index (χ3n) is 2.61. The third kappa shape index (κ3) is 1.76. The highest BCUT2D eigenvalue weighted by molar-refractivity contribution is 7.16. The van der Waals surface area contributed by atoms with E-state index in [0.717, 1.165) is 21.3 Å².